The first-order valence-electron chi connectivity index (χ1n) is 7.12. The Morgan fingerprint density at radius 1 is 1.26 bits per heavy atom. The average Bonchev–Trinajstić information content (AvgIpc) is 2.70. The van der Waals surface area contributed by atoms with Crippen molar-refractivity contribution in [2.75, 3.05) is 12.4 Å². The molecular weight excluding hydrogens is 236 g/mol. The number of carbonyl (C=O) groups is 1. The molecule has 2 rings (SSSR count). The maximum absolute atomic E-state index is 12.4. The second kappa shape index (κ2) is 5.64. The molecule has 0 aliphatic heterocycles. The molecule has 1 saturated carbocycles. The minimum absolute atomic E-state index is 0.0373. The van der Waals surface area contributed by atoms with E-state index in [0.29, 0.717) is 17.9 Å². The standard InChI is InChI=1S/C16H24N2O/c1-10-5-7-13(15(9-10)17-4)16(19)18-14-8-6-11(2)12(14)3/h5,7,9,11-12,14,17H,6,8H2,1-4H3,(H,18,19). The third-order valence-corrected chi connectivity index (χ3v) is 4.47. The number of rotatable bonds is 3. The number of carbonyl (C=O) groups excluding carboxylic acids is 1. The molecule has 0 radical (unpaired) electrons. The van der Waals surface area contributed by atoms with Crippen LogP contribution in [0.2, 0.25) is 0 Å². The molecule has 1 aliphatic rings. The Morgan fingerprint density at radius 3 is 2.58 bits per heavy atom. The molecule has 104 valence electrons. The van der Waals surface area contributed by atoms with Crippen LogP contribution in [0.5, 0.6) is 0 Å². The molecule has 1 aliphatic carbocycles. The number of anilines is 1. The minimum atomic E-state index is 0.0373. The van der Waals surface area contributed by atoms with E-state index in [2.05, 4.69) is 24.5 Å². The number of nitrogens with one attached hydrogen (secondary N) is 2. The van der Waals surface area contributed by atoms with E-state index in [0.717, 1.165) is 23.2 Å². The van der Waals surface area contributed by atoms with Crippen LogP contribution in [0.25, 0.3) is 0 Å². The summed E-state index contributed by atoms with van der Waals surface area (Å²) < 4.78 is 0. The Balaban J connectivity index is 2.12. The van der Waals surface area contributed by atoms with Crippen molar-refractivity contribution >= 4 is 11.6 Å². The van der Waals surface area contributed by atoms with Crippen molar-refractivity contribution in [2.45, 2.75) is 39.7 Å². The maximum atomic E-state index is 12.4. The molecule has 1 aromatic rings. The van der Waals surface area contributed by atoms with E-state index in [1.165, 1.54) is 6.42 Å². The lowest BCUT2D eigenvalue weighted by Gasteiger charge is -2.20. The van der Waals surface area contributed by atoms with Crippen molar-refractivity contribution in [3.63, 3.8) is 0 Å². The molecule has 0 bridgehead atoms. The highest BCUT2D eigenvalue weighted by Gasteiger charge is 2.31. The van der Waals surface area contributed by atoms with Crippen molar-refractivity contribution in [1.82, 2.24) is 5.32 Å². The largest absolute Gasteiger partial charge is 0.387 e. The Morgan fingerprint density at radius 2 is 2.00 bits per heavy atom. The van der Waals surface area contributed by atoms with Gasteiger partial charge >= 0.3 is 0 Å². The number of aryl methyl sites for hydroxylation is 1. The van der Waals surface area contributed by atoms with Gasteiger partial charge in [0.1, 0.15) is 0 Å². The second-order valence-corrected chi connectivity index (χ2v) is 5.79. The first-order valence-corrected chi connectivity index (χ1v) is 7.12. The molecule has 3 nitrogen and oxygen atoms in total. The van der Waals surface area contributed by atoms with Gasteiger partial charge in [0.05, 0.1) is 5.56 Å². The summed E-state index contributed by atoms with van der Waals surface area (Å²) in [5, 5.41) is 6.29. The summed E-state index contributed by atoms with van der Waals surface area (Å²) >= 11 is 0. The predicted octanol–water partition coefficient (Wildman–Crippen LogP) is 3.20. The van der Waals surface area contributed by atoms with Gasteiger partial charge in [-0.3, -0.25) is 4.79 Å². The Labute approximate surface area is 115 Å². The topological polar surface area (TPSA) is 41.1 Å². The molecule has 1 amide bonds. The van der Waals surface area contributed by atoms with Crippen molar-refractivity contribution < 1.29 is 4.79 Å². The van der Waals surface area contributed by atoms with Gasteiger partial charge in [0.25, 0.3) is 5.91 Å². The van der Waals surface area contributed by atoms with E-state index in [-0.39, 0.29) is 5.91 Å². The van der Waals surface area contributed by atoms with Crippen LogP contribution >= 0.6 is 0 Å². The number of hydrogen-bond donors (Lipinski definition) is 2. The van der Waals surface area contributed by atoms with E-state index < -0.39 is 0 Å². The van der Waals surface area contributed by atoms with E-state index in [1.54, 1.807) is 0 Å². The average molecular weight is 260 g/mol. The van der Waals surface area contributed by atoms with Crippen molar-refractivity contribution in [3.05, 3.63) is 29.3 Å². The Hall–Kier alpha value is -1.51. The zero-order valence-corrected chi connectivity index (χ0v) is 12.3. The molecule has 2 N–H and O–H groups in total. The van der Waals surface area contributed by atoms with Gasteiger partial charge in [0.2, 0.25) is 0 Å². The Kier molecular flexibility index (Phi) is 4.13. The number of hydrogen-bond acceptors (Lipinski definition) is 2. The third-order valence-electron chi connectivity index (χ3n) is 4.47. The predicted molar refractivity (Wildman–Crippen MR) is 79.5 cm³/mol. The van der Waals surface area contributed by atoms with Gasteiger partial charge < -0.3 is 10.6 Å². The van der Waals surface area contributed by atoms with Gasteiger partial charge in [-0.2, -0.15) is 0 Å². The fourth-order valence-corrected chi connectivity index (χ4v) is 2.88. The van der Waals surface area contributed by atoms with Gasteiger partial charge in [-0.15, -0.1) is 0 Å². The van der Waals surface area contributed by atoms with Crippen LogP contribution in [0.1, 0.15) is 42.6 Å². The quantitative estimate of drug-likeness (QED) is 0.876. The third kappa shape index (κ3) is 2.91. The first-order chi connectivity index (χ1) is 9.02. The zero-order chi connectivity index (χ0) is 14.0. The van der Waals surface area contributed by atoms with Crippen LogP contribution in [0.3, 0.4) is 0 Å². The van der Waals surface area contributed by atoms with Crippen molar-refractivity contribution in [1.29, 1.82) is 0 Å². The van der Waals surface area contributed by atoms with Crippen molar-refractivity contribution in [3.8, 4) is 0 Å². The molecule has 3 unspecified atom stereocenters. The van der Waals surface area contributed by atoms with E-state index in [4.69, 9.17) is 0 Å². The molecule has 0 aromatic heterocycles. The lowest BCUT2D eigenvalue weighted by Crippen LogP contribution is -2.37. The molecular formula is C16H24N2O. The van der Waals surface area contributed by atoms with E-state index in [1.807, 2.05) is 32.2 Å². The van der Waals surface area contributed by atoms with E-state index >= 15 is 0 Å². The molecule has 19 heavy (non-hydrogen) atoms. The van der Waals surface area contributed by atoms with Gasteiger partial charge in [-0.25, -0.2) is 0 Å². The lowest BCUT2D eigenvalue weighted by atomic mass is 9.97. The van der Waals surface area contributed by atoms with Gasteiger partial charge in [-0.1, -0.05) is 19.9 Å². The summed E-state index contributed by atoms with van der Waals surface area (Å²) in [6.07, 6.45) is 2.30. The highest BCUT2D eigenvalue weighted by Crippen LogP contribution is 2.31. The SMILES string of the molecule is CNc1cc(C)ccc1C(=O)NC1CCC(C)C1C. The van der Waals surface area contributed by atoms with Gasteiger partial charge in [0, 0.05) is 18.8 Å². The normalized spacial score (nSPS) is 26.2. The summed E-state index contributed by atoms with van der Waals surface area (Å²) in [5.41, 5.74) is 2.79. The molecule has 0 spiro atoms. The summed E-state index contributed by atoms with van der Waals surface area (Å²) in [5.74, 6) is 1.30. The van der Waals surface area contributed by atoms with Crippen LogP contribution in [0, 0.1) is 18.8 Å². The fourth-order valence-electron chi connectivity index (χ4n) is 2.88. The van der Waals surface area contributed by atoms with Gasteiger partial charge in [-0.05, 0) is 49.3 Å². The smallest absolute Gasteiger partial charge is 0.253 e. The van der Waals surface area contributed by atoms with Crippen molar-refractivity contribution in [2.24, 2.45) is 11.8 Å². The number of benzene rings is 1. The summed E-state index contributed by atoms with van der Waals surface area (Å²) in [6.45, 7) is 6.53. The molecule has 3 heteroatoms. The minimum Gasteiger partial charge on any atom is -0.387 e. The van der Waals surface area contributed by atoms with Crippen LogP contribution < -0.4 is 10.6 Å². The van der Waals surface area contributed by atoms with Crippen LogP contribution in [-0.4, -0.2) is 19.0 Å². The zero-order valence-electron chi connectivity index (χ0n) is 12.3. The maximum Gasteiger partial charge on any atom is 0.253 e. The summed E-state index contributed by atoms with van der Waals surface area (Å²) in [6, 6.07) is 6.21. The molecule has 1 aromatic carbocycles. The lowest BCUT2D eigenvalue weighted by molar-refractivity contribution is 0.0928. The molecule has 3 atom stereocenters. The summed E-state index contributed by atoms with van der Waals surface area (Å²) in [7, 11) is 1.85. The van der Waals surface area contributed by atoms with Crippen LogP contribution in [0.4, 0.5) is 5.69 Å². The van der Waals surface area contributed by atoms with Crippen LogP contribution in [0.15, 0.2) is 18.2 Å². The van der Waals surface area contributed by atoms with Crippen LogP contribution in [-0.2, 0) is 0 Å². The number of amides is 1. The van der Waals surface area contributed by atoms with Gasteiger partial charge in [0.15, 0.2) is 0 Å². The highest BCUT2D eigenvalue weighted by molar-refractivity contribution is 5.99. The van der Waals surface area contributed by atoms with E-state index in [9.17, 15) is 4.79 Å². The summed E-state index contributed by atoms with van der Waals surface area (Å²) in [4.78, 5) is 12.4. The fraction of sp³-hybridized carbons (Fsp3) is 0.562. The highest BCUT2D eigenvalue weighted by atomic mass is 16.1. The Bertz CT molecular complexity index is 470. The molecule has 1 fully saturated rings. The molecule has 0 saturated heterocycles. The first kappa shape index (κ1) is 13.9. The monoisotopic (exact) mass is 260 g/mol. The second-order valence-electron chi connectivity index (χ2n) is 5.79. The molecule has 0 heterocycles.